The summed E-state index contributed by atoms with van der Waals surface area (Å²) in [4.78, 5) is 31.2. The van der Waals surface area contributed by atoms with Gasteiger partial charge in [-0.05, 0) is 48.0 Å². The van der Waals surface area contributed by atoms with Gasteiger partial charge in [0.1, 0.15) is 0 Å². The summed E-state index contributed by atoms with van der Waals surface area (Å²) in [5.74, 6) is -1.81. The van der Waals surface area contributed by atoms with Crippen molar-refractivity contribution in [2.24, 2.45) is 0 Å². The monoisotopic (exact) mass is 380 g/mol. The van der Waals surface area contributed by atoms with E-state index in [0.29, 0.717) is 16.3 Å². The maximum atomic E-state index is 12.9. The fourth-order valence-electron chi connectivity index (χ4n) is 3.10. The number of furan rings is 1. The Morgan fingerprint density at radius 3 is 2.56 bits per heavy atom. The van der Waals surface area contributed by atoms with Crippen LogP contribution in [0.4, 0.5) is 5.69 Å². The van der Waals surface area contributed by atoms with E-state index >= 15 is 0 Å². The number of Topliss-reactive ketones (excluding diaryl/α,β-unsaturated/α-hetero) is 1. The zero-order valence-corrected chi connectivity index (χ0v) is 14.6. The lowest BCUT2D eigenvalue weighted by Gasteiger charge is -2.26. The molecule has 4 rings (SSSR count). The van der Waals surface area contributed by atoms with E-state index in [1.807, 2.05) is 0 Å². The van der Waals surface area contributed by atoms with Crippen LogP contribution in [0.15, 0.2) is 82.9 Å². The minimum absolute atomic E-state index is 0.0381. The molecule has 3 heterocycles. The number of ketones is 1. The van der Waals surface area contributed by atoms with E-state index in [9.17, 15) is 14.7 Å². The van der Waals surface area contributed by atoms with Crippen LogP contribution in [0.25, 0.3) is 0 Å². The molecule has 1 unspecified atom stereocenters. The van der Waals surface area contributed by atoms with Crippen LogP contribution in [0.5, 0.6) is 0 Å². The van der Waals surface area contributed by atoms with Crippen molar-refractivity contribution in [1.82, 2.24) is 4.98 Å². The van der Waals surface area contributed by atoms with Gasteiger partial charge in [-0.25, -0.2) is 0 Å². The predicted octanol–water partition coefficient (Wildman–Crippen LogP) is 4.11. The number of amides is 1. The molecule has 1 atom stereocenters. The van der Waals surface area contributed by atoms with Crippen molar-refractivity contribution in [2.45, 2.75) is 6.04 Å². The van der Waals surface area contributed by atoms with Crippen LogP contribution in [0.2, 0.25) is 5.02 Å². The van der Waals surface area contributed by atoms with Crippen molar-refractivity contribution < 1.29 is 19.1 Å². The van der Waals surface area contributed by atoms with Crippen LogP contribution in [0, 0.1) is 0 Å². The summed E-state index contributed by atoms with van der Waals surface area (Å²) in [6.45, 7) is 0. The largest absolute Gasteiger partial charge is 0.503 e. The number of carbonyl (C=O) groups excluding carboxylic acids is 2. The number of aromatic nitrogens is 1. The Bertz CT molecular complexity index is 1030. The number of carbonyl (C=O) groups is 2. The lowest BCUT2D eigenvalue weighted by molar-refractivity contribution is -0.117. The molecule has 0 bridgehead atoms. The van der Waals surface area contributed by atoms with Crippen molar-refractivity contribution in [1.29, 1.82) is 0 Å². The van der Waals surface area contributed by atoms with Gasteiger partial charge in [0.25, 0.3) is 5.91 Å². The molecule has 0 spiro atoms. The molecule has 0 fully saturated rings. The SMILES string of the molecule is O=C(C1=C(O)C(=O)N(c2ccc(Cl)cc2)C1c1cccnc1)c1ccco1. The maximum absolute atomic E-state index is 12.9. The summed E-state index contributed by atoms with van der Waals surface area (Å²) in [5, 5.41) is 11.0. The average Bonchev–Trinajstić information content (AvgIpc) is 3.31. The first-order chi connectivity index (χ1) is 13.1. The third kappa shape index (κ3) is 2.90. The molecule has 3 aromatic rings. The van der Waals surface area contributed by atoms with Crippen LogP contribution in [0.1, 0.15) is 22.2 Å². The van der Waals surface area contributed by atoms with E-state index < -0.39 is 23.5 Å². The summed E-state index contributed by atoms with van der Waals surface area (Å²) in [6, 6.07) is 12.2. The number of halogens is 1. The molecule has 0 saturated heterocycles. The van der Waals surface area contributed by atoms with Crippen LogP contribution < -0.4 is 4.90 Å². The Morgan fingerprint density at radius 1 is 1.15 bits per heavy atom. The maximum Gasteiger partial charge on any atom is 0.294 e. The minimum atomic E-state index is -0.843. The summed E-state index contributed by atoms with van der Waals surface area (Å²) in [6.07, 6.45) is 4.50. The lowest BCUT2D eigenvalue weighted by atomic mass is 9.96. The third-order valence-electron chi connectivity index (χ3n) is 4.30. The molecule has 1 amide bonds. The van der Waals surface area contributed by atoms with Gasteiger partial charge in [-0.15, -0.1) is 0 Å². The van der Waals surface area contributed by atoms with Gasteiger partial charge in [0.15, 0.2) is 11.5 Å². The van der Waals surface area contributed by atoms with E-state index in [1.165, 1.54) is 17.2 Å². The Balaban J connectivity index is 1.87. The second kappa shape index (κ2) is 6.74. The van der Waals surface area contributed by atoms with Crippen LogP contribution in [0.3, 0.4) is 0 Å². The molecule has 0 saturated carbocycles. The van der Waals surface area contributed by atoms with Gasteiger partial charge in [0.2, 0.25) is 5.78 Å². The fraction of sp³-hybridized carbons (Fsp3) is 0.0500. The topological polar surface area (TPSA) is 83.6 Å². The minimum Gasteiger partial charge on any atom is -0.503 e. The van der Waals surface area contributed by atoms with Crippen molar-refractivity contribution in [3.05, 3.63) is 94.9 Å². The quantitative estimate of drug-likeness (QED) is 0.688. The Hall–Kier alpha value is -3.38. The number of pyridine rings is 1. The predicted molar refractivity (Wildman–Crippen MR) is 98.6 cm³/mol. The molecular weight excluding hydrogens is 368 g/mol. The first-order valence-electron chi connectivity index (χ1n) is 8.08. The number of hydrogen-bond donors (Lipinski definition) is 1. The highest BCUT2D eigenvalue weighted by Crippen LogP contribution is 2.41. The third-order valence-corrected chi connectivity index (χ3v) is 4.55. The van der Waals surface area contributed by atoms with Gasteiger partial charge in [-0.3, -0.25) is 19.5 Å². The molecule has 0 aliphatic carbocycles. The molecule has 6 nitrogen and oxygen atoms in total. The molecular formula is C20H13ClN2O4. The van der Waals surface area contributed by atoms with Gasteiger partial charge in [0.05, 0.1) is 17.9 Å². The van der Waals surface area contributed by atoms with E-state index in [0.717, 1.165) is 0 Å². The van der Waals surface area contributed by atoms with Crippen LogP contribution >= 0.6 is 11.6 Å². The summed E-state index contributed by atoms with van der Waals surface area (Å²) in [7, 11) is 0. The smallest absolute Gasteiger partial charge is 0.294 e. The number of anilines is 1. The highest BCUT2D eigenvalue weighted by Gasteiger charge is 2.45. The van der Waals surface area contributed by atoms with E-state index in [4.69, 9.17) is 16.0 Å². The van der Waals surface area contributed by atoms with Gasteiger partial charge >= 0.3 is 0 Å². The van der Waals surface area contributed by atoms with E-state index in [2.05, 4.69) is 4.98 Å². The van der Waals surface area contributed by atoms with E-state index in [1.54, 1.807) is 54.9 Å². The zero-order chi connectivity index (χ0) is 19.0. The van der Waals surface area contributed by atoms with Crippen LogP contribution in [-0.2, 0) is 4.79 Å². The highest BCUT2D eigenvalue weighted by atomic mass is 35.5. The zero-order valence-electron chi connectivity index (χ0n) is 13.9. The molecule has 134 valence electrons. The molecule has 0 radical (unpaired) electrons. The number of hydrogen-bond acceptors (Lipinski definition) is 5. The Kier molecular flexibility index (Phi) is 4.25. The van der Waals surface area contributed by atoms with Crippen molar-refractivity contribution in [2.75, 3.05) is 4.90 Å². The number of benzene rings is 1. The Labute approximate surface area is 159 Å². The number of aliphatic hydroxyl groups is 1. The second-order valence-electron chi connectivity index (χ2n) is 5.91. The van der Waals surface area contributed by atoms with Gasteiger partial charge in [0, 0.05) is 23.1 Å². The lowest BCUT2D eigenvalue weighted by Crippen LogP contribution is -2.31. The van der Waals surface area contributed by atoms with Crippen molar-refractivity contribution >= 4 is 29.0 Å². The molecule has 7 heteroatoms. The summed E-state index contributed by atoms with van der Waals surface area (Å²) < 4.78 is 5.17. The second-order valence-corrected chi connectivity index (χ2v) is 6.35. The molecule has 1 aliphatic heterocycles. The Morgan fingerprint density at radius 2 is 1.93 bits per heavy atom. The van der Waals surface area contributed by atoms with Crippen LogP contribution in [-0.4, -0.2) is 21.8 Å². The number of aliphatic hydroxyl groups excluding tert-OH is 1. The average molecular weight is 381 g/mol. The molecule has 1 aliphatic rings. The molecule has 1 aromatic carbocycles. The fourth-order valence-corrected chi connectivity index (χ4v) is 3.22. The standard InChI is InChI=1S/C20H13ClN2O4/c21-13-5-7-14(8-6-13)23-17(12-3-1-9-22-11-12)16(19(25)20(23)26)18(24)15-4-2-10-27-15/h1-11,17,25H. The first-order valence-corrected chi connectivity index (χ1v) is 8.46. The molecule has 1 N–H and O–H groups in total. The van der Waals surface area contributed by atoms with Crippen molar-refractivity contribution in [3.63, 3.8) is 0 Å². The summed E-state index contributed by atoms with van der Waals surface area (Å²) >= 11 is 5.94. The molecule has 27 heavy (non-hydrogen) atoms. The van der Waals surface area contributed by atoms with E-state index in [-0.39, 0.29) is 11.3 Å². The van der Waals surface area contributed by atoms with Gasteiger partial charge < -0.3 is 9.52 Å². The number of rotatable bonds is 4. The first kappa shape index (κ1) is 17.1. The number of nitrogens with zero attached hydrogens (tertiary/aromatic N) is 2. The molecule has 2 aromatic heterocycles. The normalized spacial score (nSPS) is 16.9. The highest BCUT2D eigenvalue weighted by molar-refractivity contribution is 6.30. The van der Waals surface area contributed by atoms with Gasteiger partial charge in [-0.2, -0.15) is 0 Å². The van der Waals surface area contributed by atoms with Crippen molar-refractivity contribution in [3.8, 4) is 0 Å². The summed E-state index contributed by atoms with van der Waals surface area (Å²) in [5.41, 5.74) is 1.02. The van der Waals surface area contributed by atoms with Gasteiger partial charge in [-0.1, -0.05) is 17.7 Å².